The van der Waals surface area contributed by atoms with Gasteiger partial charge in [0, 0.05) is 19.3 Å². The van der Waals surface area contributed by atoms with Gasteiger partial charge in [0.05, 0.1) is 11.1 Å². The second-order valence-electron chi connectivity index (χ2n) is 4.31. The van der Waals surface area contributed by atoms with E-state index in [1.807, 2.05) is 4.90 Å². The van der Waals surface area contributed by atoms with Gasteiger partial charge in [-0.3, -0.25) is 4.79 Å². The Kier molecular flexibility index (Phi) is 2.55. The maximum Gasteiger partial charge on any atom is 0.252 e. The number of rotatable bonds is 3. The van der Waals surface area contributed by atoms with Crippen LogP contribution >= 0.6 is 0 Å². The molecule has 5 heteroatoms. The van der Waals surface area contributed by atoms with E-state index in [1.54, 1.807) is 18.3 Å². The maximum atomic E-state index is 11.2. The summed E-state index contributed by atoms with van der Waals surface area (Å²) in [5.41, 5.74) is 11.7. The molecule has 4 N–H and O–H groups in total. The number of primary amides is 1. The highest BCUT2D eigenvalue weighted by atomic mass is 16.1. The molecule has 0 unspecified atom stereocenters. The predicted octanol–water partition coefficient (Wildman–Crippen LogP) is 0.108. The third kappa shape index (κ3) is 1.74. The molecule has 1 saturated heterocycles. The van der Waals surface area contributed by atoms with Gasteiger partial charge in [-0.2, -0.15) is 0 Å². The number of nitrogens with two attached hydrogens (primary N) is 2. The zero-order valence-electron chi connectivity index (χ0n) is 9.31. The molecule has 1 amide bonds. The lowest BCUT2D eigenvalue weighted by molar-refractivity contribution is 0.1000. The van der Waals surface area contributed by atoms with E-state index in [2.05, 4.69) is 11.9 Å². The number of carbonyl (C=O) groups excluding carboxylic acids is 1. The van der Waals surface area contributed by atoms with Crippen molar-refractivity contribution in [2.45, 2.75) is 18.9 Å². The molecule has 1 aliphatic rings. The van der Waals surface area contributed by atoms with E-state index in [9.17, 15) is 4.79 Å². The van der Waals surface area contributed by atoms with Crippen molar-refractivity contribution >= 4 is 11.7 Å². The summed E-state index contributed by atoms with van der Waals surface area (Å²) in [6.07, 6.45) is 2.58. The van der Waals surface area contributed by atoms with Gasteiger partial charge in [-0.15, -0.1) is 0 Å². The quantitative estimate of drug-likeness (QED) is 0.757. The first-order valence-electron chi connectivity index (χ1n) is 5.34. The first kappa shape index (κ1) is 10.9. The van der Waals surface area contributed by atoms with Crippen LogP contribution in [-0.2, 0) is 0 Å². The second kappa shape index (κ2) is 3.75. The first-order chi connectivity index (χ1) is 7.56. The molecule has 86 valence electrons. The van der Waals surface area contributed by atoms with E-state index >= 15 is 0 Å². The van der Waals surface area contributed by atoms with Crippen molar-refractivity contribution in [1.82, 2.24) is 4.98 Å². The Morgan fingerprint density at radius 1 is 1.62 bits per heavy atom. The molecule has 1 aromatic rings. The minimum atomic E-state index is -0.450. The minimum absolute atomic E-state index is 0.146. The molecule has 0 aliphatic carbocycles. The van der Waals surface area contributed by atoms with Gasteiger partial charge >= 0.3 is 0 Å². The van der Waals surface area contributed by atoms with Crippen LogP contribution in [-0.4, -0.2) is 29.5 Å². The van der Waals surface area contributed by atoms with Crippen molar-refractivity contribution in [3.63, 3.8) is 0 Å². The summed E-state index contributed by atoms with van der Waals surface area (Å²) in [5, 5.41) is 0. The van der Waals surface area contributed by atoms with Crippen LogP contribution in [0.3, 0.4) is 0 Å². The third-order valence-corrected chi connectivity index (χ3v) is 3.07. The summed E-state index contributed by atoms with van der Waals surface area (Å²) in [7, 11) is 0. The van der Waals surface area contributed by atoms with Crippen LogP contribution in [0.5, 0.6) is 0 Å². The highest BCUT2D eigenvalue weighted by Gasteiger charge is 2.39. The zero-order chi connectivity index (χ0) is 11.8. The molecule has 0 radical (unpaired) electrons. The van der Waals surface area contributed by atoms with Crippen LogP contribution in [0.1, 0.15) is 23.7 Å². The van der Waals surface area contributed by atoms with Gasteiger partial charge in [0.15, 0.2) is 0 Å². The molecule has 1 fully saturated rings. The molecular weight excluding hydrogens is 204 g/mol. The van der Waals surface area contributed by atoms with Crippen molar-refractivity contribution < 1.29 is 4.79 Å². The van der Waals surface area contributed by atoms with Crippen molar-refractivity contribution in [3.8, 4) is 0 Å². The molecule has 0 bridgehead atoms. The molecule has 5 nitrogen and oxygen atoms in total. The van der Waals surface area contributed by atoms with E-state index < -0.39 is 5.91 Å². The van der Waals surface area contributed by atoms with Crippen LogP contribution in [0.25, 0.3) is 0 Å². The molecule has 1 aromatic heterocycles. The van der Waals surface area contributed by atoms with Crippen molar-refractivity contribution in [2.24, 2.45) is 11.5 Å². The highest BCUT2D eigenvalue weighted by molar-refractivity contribution is 5.97. The Labute approximate surface area is 94.4 Å². The van der Waals surface area contributed by atoms with Crippen LogP contribution in [0.2, 0.25) is 0 Å². The van der Waals surface area contributed by atoms with Crippen LogP contribution in [0, 0.1) is 0 Å². The van der Waals surface area contributed by atoms with Crippen molar-refractivity contribution in [2.75, 3.05) is 18.0 Å². The summed E-state index contributed by atoms with van der Waals surface area (Å²) in [6.45, 7) is 3.51. The normalized spacial score (nSPS) is 18.0. The van der Waals surface area contributed by atoms with E-state index in [0.717, 1.165) is 19.5 Å². The molecule has 16 heavy (non-hydrogen) atoms. The SMILES string of the molecule is CCC1(N)CN(c2ncccc2C(N)=O)C1. The molecule has 2 heterocycles. The van der Waals surface area contributed by atoms with E-state index in [4.69, 9.17) is 11.5 Å². The predicted molar refractivity (Wildman–Crippen MR) is 62.2 cm³/mol. The lowest BCUT2D eigenvalue weighted by atomic mass is 9.88. The van der Waals surface area contributed by atoms with E-state index in [-0.39, 0.29) is 5.54 Å². The number of nitrogens with zero attached hydrogens (tertiary/aromatic N) is 2. The lowest BCUT2D eigenvalue weighted by Crippen LogP contribution is -2.67. The summed E-state index contributed by atoms with van der Waals surface area (Å²) in [4.78, 5) is 17.4. The molecule has 0 saturated carbocycles. The average Bonchev–Trinajstić information content (AvgIpc) is 2.24. The topological polar surface area (TPSA) is 85.2 Å². The second-order valence-corrected chi connectivity index (χ2v) is 4.31. The summed E-state index contributed by atoms with van der Waals surface area (Å²) in [6, 6.07) is 3.39. The molecule has 1 aliphatic heterocycles. The van der Waals surface area contributed by atoms with Gasteiger partial charge in [-0.1, -0.05) is 6.92 Å². The Morgan fingerprint density at radius 3 is 2.88 bits per heavy atom. The number of amides is 1. The van der Waals surface area contributed by atoms with Crippen molar-refractivity contribution in [1.29, 1.82) is 0 Å². The largest absolute Gasteiger partial charge is 0.365 e. The summed E-state index contributed by atoms with van der Waals surface area (Å²) in [5.74, 6) is 0.193. The van der Waals surface area contributed by atoms with Gasteiger partial charge in [0.1, 0.15) is 5.82 Å². The van der Waals surface area contributed by atoms with Crippen LogP contribution in [0.4, 0.5) is 5.82 Å². The van der Waals surface area contributed by atoms with Crippen molar-refractivity contribution in [3.05, 3.63) is 23.9 Å². The first-order valence-corrected chi connectivity index (χ1v) is 5.34. The molecule has 0 aromatic carbocycles. The molecular formula is C11H16N4O. The van der Waals surface area contributed by atoms with E-state index in [0.29, 0.717) is 11.4 Å². The van der Waals surface area contributed by atoms with Gasteiger partial charge in [-0.05, 0) is 18.6 Å². The van der Waals surface area contributed by atoms with Gasteiger partial charge < -0.3 is 16.4 Å². The van der Waals surface area contributed by atoms with E-state index in [1.165, 1.54) is 0 Å². The van der Waals surface area contributed by atoms with Gasteiger partial charge in [0.2, 0.25) is 0 Å². The highest BCUT2D eigenvalue weighted by Crippen LogP contribution is 2.28. The Morgan fingerprint density at radius 2 is 2.31 bits per heavy atom. The number of hydrogen-bond acceptors (Lipinski definition) is 4. The standard InChI is InChI=1S/C11H16N4O/c1-2-11(13)6-15(7-11)10-8(9(12)16)4-3-5-14-10/h3-5H,2,6-7,13H2,1H3,(H2,12,16). The Balaban J connectivity index is 2.21. The average molecular weight is 220 g/mol. The fourth-order valence-electron chi connectivity index (χ4n) is 1.93. The fourth-order valence-corrected chi connectivity index (χ4v) is 1.93. The van der Waals surface area contributed by atoms with Crippen LogP contribution in [0.15, 0.2) is 18.3 Å². The number of hydrogen-bond donors (Lipinski definition) is 2. The Hall–Kier alpha value is -1.62. The smallest absolute Gasteiger partial charge is 0.252 e. The lowest BCUT2D eigenvalue weighted by Gasteiger charge is -2.48. The number of pyridine rings is 1. The summed E-state index contributed by atoms with van der Waals surface area (Å²) >= 11 is 0. The van der Waals surface area contributed by atoms with Crippen LogP contribution < -0.4 is 16.4 Å². The molecule has 0 spiro atoms. The van der Waals surface area contributed by atoms with Gasteiger partial charge in [-0.25, -0.2) is 4.98 Å². The molecule has 2 rings (SSSR count). The molecule has 0 atom stereocenters. The van der Waals surface area contributed by atoms with Gasteiger partial charge in [0.25, 0.3) is 5.91 Å². The number of anilines is 1. The minimum Gasteiger partial charge on any atom is -0.365 e. The number of aromatic nitrogens is 1. The maximum absolute atomic E-state index is 11.2. The number of carbonyl (C=O) groups is 1. The zero-order valence-corrected chi connectivity index (χ0v) is 9.31. The summed E-state index contributed by atoms with van der Waals surface area (Å²) < 4.78 is 0. The monoisotopic (exact) mass is 220 g/mol. The Bertz CT molecular complexity index is 412. The fraction of sp³-hybridized carbons (Fsp3) is 0.455. The third-order valence-electron chi connectivity index (χ3n) is 3.07.